The Morgan fingerprint density at radius 3 is 2.59 bits per heavy atom. The SMILES string of the molecule is CCOc1ccccc1CSCC(=O)Nc1ccc(C)cc1. The molecule has 2 aromatic carbocycles. The van der Waals surface area contributed by atoms with E-state index in [0.717, 1.165) is 22.8 Å². The molecule has 0 saturated carbocycles. The summed E-state index contributed by atoms with van der Waals surface area (Å²) in [6, 6.07) is 15.8. The van der Waals surface area contributed by atoms with Gasteiger partial charge in [-0.15, -0.1) is 11.8 Å². The second kappa shape index (κ2) is 8.49. The van der Waals surface area contributed by atoms with Gasteiger partial charge in [0.2, 0.25) is 5.91 Å². The first kappa shape index (κ1) is 16.4. The average Bonchev–Trinajstić information content (AvgIpc) is 2.51. The number of thioether (sulfide) groups is 1. The molecule has 0 aliphatic rings. The van der Waals surface area contributed by atoms with Gasteiger partial charge in [-0.05, 0) is 32.0 Å². The molecule has 4 heteroatoms. The molecular formula is C18H21NO2S. The lowest BCUT2D eigenvalue weighted by atomic mass is 10.2. The van der Waals surface area contributed by atoms with Gasteiger partial charge in [0.15, 0.2) is 0 Å². The summed E-state index contributed by atoms with van der Waals surface area (Å²) in [5.74, 6) is 2.10. The van der Waals surface area contributed by atoms with Crippen LogP contribution in [0.25, 0.3) is 0 Å². The minimum absolute atomic E-state index is 0.0164. The molecule has 2 aromatic rings. The number of para-hydroxylation sites is 1. The highest BCUT2D eigenvalue weighted by atomic mass is 32.2. The topological polar surface area (TPSA) is 38.3 Å². The van der Waals surface area contributed by atoms with E-state index >= 15 is 0 Å². The van der Waals surface area contributed by atoms with Crippen LogP contribution in [0.2, 0.25) is 0 Å². The number of amides is 1. The number of benzene rings is 2. The van der Waals surface area contributed by atoms with Crippen LogP contribution in [0, 0.1) is 6.92 Å². The molecule has 0 unspecified atom stereocenters. The lowest BCUT2D eigenvalue weighted by molar-refractivity contribution is -0.113. The molecule has 0 radical (unpaired) electrons. The molecule has 3 nitrogen and oxygen atoms in total. The van der Waals surface area contributed by atoms with Crippen LogP contribution in [-0.2, 0) is 10.5 Å². The zero-order valence-corrected chi connectivity index (χ0v) is 13.8. The number of hydrogen-bond donors (Lipinski definition) is 1. The molecule has 0 fully saturated rings. The summed E-state index contributed by atoms with van der Waals surface area (Å²) in [5, 5.41) is 2.90. The maximum atomic E-state index is 11.9. The van der Waals surface area contributed by atoms with Crippen LogP contribution in [0.4, 0.5) is 5.69 Å². The maximum Gasteiger partial charge on any atom is 0.234 e. The molecule has 0 aliphatic heterocycles. The second-order valence-electron chi connectivity index (χ2n) is 4.95. The molecule has 0 bridgehead atoms. The number of anilines is 1. The van der Waals surface area contributed by atoms with Gasteiger partial charge in [-0.25, -0.2) is 0 Å². The molecule has 22 heavy (non-hydrogen) atoms. The Bertz CT molecular complexity index is 611. The molecular weight excluding hydrogens is 294 g/mol. The van der Waals surface area contributed by atoms with E-state index in [0.29, 0.717) is 12.4 Å². The van der Waals surface area contributed by atoms with Crippen molar-refractivity contribution in [2.75, 3.05) is 17.7 Å². The summed E-state index contributed by atoms with van der Waals surface area (Å²) >= 11 is 1.58. The number of aryl methyl sites for hydroxylation is 1. The highest BCUT2D eigenvalue weighted by Crippen LogP contribution is 2.23. The van der Waals surface area contributed by atoms with Crippen molar-refractivity contribution in [3.8, 4) is 5.75 Å². The van der Waals surface area contributed by atoms with Crippen LogP contribution in [0.5, 0.6) is 5.75 Å². The Morgan fingerprint density at radius 1 is 1.14 bits per heavy atom. The third-order valence-corrected chi connectivity index (χ3v) is 4.08. The monoisotopic (exact) mass is 315 g/mol. The van der Waals surface area contributed by atoms with E-state index in [1.165, 1.54) is 5.56 Å². The van der Waals surface area contributed by atoms with Crippen molar-refractivity contribution in [3.05, 3.63) is 59.7 Å². The second-order valence-corrected chi connectivity index (χ2v) is 5.93. The largest absolute Gasteiger partial charge is 0.494 e. The van der Waals surface area contributed by atoms with Crippen molar-refractivity contribution in [1.82, 2.24) is 0 Å². The Balaban J connectivity index is 1.81. The molecule has 0 saturated heterocycles. The number of ether oxygens (including phenoxy) is 1. The number of carbonyl (C=O) groups excluding carboxylic acids is 1. The van der Waals surface area contributed by atoms with E-state index < -0.39 is 0 Å². The summed E-state index contributed by atoms with van der Waals surface area (Å²) in [6.45, 7) is 4.64. The van der Waals surface area contributed by atoms with E-state index in [2.05, 4.69) is 5.32 Å². The maximum absolute atomic E-state index is 11.9. The number of nitrogens with one attached hydrogen (secondary N) is 1. The van der Waals surface area contributed by atoms with Crippen molar-refractivity contribution < 1.29 is 9.53 Å². The fourth-order valence-corrected chi connectivity index (χ4v) is 2.83. The van der Waals surface area contributed by atoms with Crippen LogP contribution in [-0.4, -0.2) is 18.3 Å². The molecule has 116 valence electrons. The molecule has 1 amide bonds. The molecule has 0 atom stereocenters. The molecule has 0 aromatic heterocycles. The van der Waals surface area contributed by atoms with Crippen LogP contribution in [0.1, 0.15) is 18.1 Å². The fraction of sp³-hybridized carbons (Fsp3) is 0.278. The summed E-state index contributed by atoms with van der Waals surface area (Å²) in [6.07, 6.45) is 0. The lowest BCUT2D eigenvalue weighted by Crippen LogP contribution is -2.14. The number of hydrogen-bond acceptors (Lipinski definition) is 3. The van der Waals surface area contributed by atoms with Crippen molar-refractivity contribution >= 4 is 23.4 Å². The van der Waals surface area contributed by atoms with Gasteiger partial charge in [0.25, 0.3) is 0 Å². The predicted molar refractivity (Wildman–Crippen MR) is 93.6 cm³/mol. The van der Waals surface area contributed by atoms with Crippen molar-refractivity contribution in [2.24, 2.45) is 0 Å². The normalized spacial score (nSPS) is 10.3. The van der Waals surface area contributed by atoms with Gasteiger partial charge in [0.1, 0.15) is 5.75 Å². The van der Waals surface area contributed by atoms with Crippen molar-refractivity contribution in [1.29, 1.82) is 0 Å². The Morgan fingerprint density at radius 2 is 1.86 bits per heavy atom. The third-order valence-electron chi connectivity index (χ3n) is 3.10. The summed E-state index contributed by atoms with van der Waals surface area (Å²) in [5.41, 5.74) is 3.14. The molecule has 1 N–H and O–H groups in total. The average molecular weight is 315 g/mol. The van der Waals surface area contributed by atoms with Gasteiger partial charge >= 0.3 is 0 Å². The predicted octanol–water partition coefficient (Wildman–Crippen LogP) is 4.27. The minimum Gasteiger partial charge on any atom is -0.494 e. The molecule has 0 heterocycles. The van der Waals surface area contributed by atoms with Gasteiger partial charge in [-0.2, -0.15) is 0 Å². The fourth-order valence-electron chi connectivity index (χ4n) is 2.01. The summed E-state index contributed by atoms with van der Waals surface area (Å²) in [4.78, 5) is 11.9. The van der Waals surface area contributed by atoms with Crippen LogP contribution in [0.15, 0.2) is 48.5 Å². The highest BCUT2D eigenvalue weighted by Gasteiger charge is 2.06. The first-order chi connectivity index (χ1) is 10.7. The van der Waals surface area contributed by atoms with Crippen molar-refractivity contribution in [2.45, 2.75) is 19.6 Å². The third kappa shape index (κ3) is 5.11. The Labute approximate surface area is 136 Å². The van der Waals surface area contributed by atoms with Gasteiger partial charge in [-0.3, -0.25) is 4.79 Å². The zero-order chi connectivity index (χ0) is 15.8. The van der Waals surface area contributed by atoms with Gasteiger partial charge < -0.3 is 10.1 Å². The minimum atomic E-state index is 0.0164. The van der Waals surface area contributed by atoms with E-state index in [1.54, 1.807) is 11.8 Å². The van der Waals surface area contributed by atoms with E-state index in [-0.39, 0.29) is 5.91 Å². The first-order valence-corrected chi connectivity index (χ1v) is 8.49. The highest BCUT2D eigenvalue weighted by molar-refractivity contribution is 7.99. The first-order valence-electron chi connectivity index (χ1n) is 7.34. The van der Waals surface area contributed by atoms with Crippen molar-refractivity contribution in [3.63, 3.8) is 0 Å². The molecule has 2 rings (SSSR count). The molecule has 0 spiro atoms. The smallest absolute Gasteiger partial charge is 0.234 e. The number of carbonyl (C=O) groups is 1. The summed E-state index contributed by atoms with van der Waals surface area (Å²) in [7, 11) is 0. The van der Waals surface area contributed by atoms with E-state index in [4.69, 9.17) is 4.74 Å². The van der Waals surface area contributed by atoms with Crippen LogP contribution >= 0.6 is 11.8 Å². The quantitative estimate of drug-likeness (QED) is 0.829. The summed E-state index contributed by atoms with van der Waals surface area (Å²) < 4.78 is 5.59. The van der Waals surface area contributed by atoms with Gasteiger partial charge in [0.05, 0.1) is 12.4 Å². The number of rotatable bonds is 7. The Kier molecular flexibility index (Phi) is 6.34. The van der Waals surface area contributed by atoms with Crippen LogP contribution < -0.4 is 10.1 Å². The zero-order valence-electron chi connectivity index (χ0n) is 13.0. The lowest BCUT2D eigenvalue weighted by Gasteiger charge is -2.10. The van der Waals surface area contributed by atoms with Gasteiger partial charge in [-0.1, -0.05) is 35.9 Å². The molecule has 0 aliphatic carbocycles. The van der Waals surface area contributed by atoms with E-state index in [9.17, 15) is 4.79 Å². The van der Waals surface area contributed by atoms with Crippen LogP contribution in [0.3, 0.4) is 0 Å². The van der Waals surface area contributed by atoms with E-state index in [1.807, 2.05) is 62.4 Å². The Hall–Kier alpha value is -1.94. The van der Waals surface area contributed by atoms with Gasteiger partial charge in [0, 0.05) is 17.0 Å². The standard InChI is InChI=1S/C18H21NO2S/c1-3-21-17-7-5-4-6-15(17)12-22-13-18(20)19-16-10-8-14(2)9-11-16/h4-11H,3,12-13H2,1-2H3,(H,19,20).